The Kier molecular flexibility index (Phi) is 4.74. The van der Waals surface area contributed by atoms with E-state index in [1.807, 2.05) is 6.07 Å². The summed E-state index contributed by atoms with van der Waals surface area (Å²) in [6, 6.07) is 10.4. The third-order valence-electron chi connectivity index (χ3n) is 2.40. The van der Waals surface area contributed by atoms with Crippen LogP contribution in [0.1, 0.15) is 5.56 Å². The summed E-state index contributed by atoms with van der Waals surface area (Å²) < 4.78 is 0.866. The molecule has 0 heterocycles. The van der Waals surface area contributed by atoms with Crippen molar-refractivity contribution in [3.8, 4) is 0 Å². The first-order chi connectivity index (χ1) is 8.99. The highest BCUT2D eigenvalue weighted by Crippen LogP contribution is 2.29. The quantitative estimate of drug-likeness (QED) is 0.499. The van der Waals surface area contributed by atoms with Crippen LogP contribution in [0.3, 0.4) is 0 Å². The highest BCUT2D eigenvalue weighted by molar-refractivity contribution is 9.10. The second-order valence-corrected chi connectivity index (χ2v) is 5.86. The minimum atomic E-state index is 0.0971. The van der Waals surface area contributed by atoms with Crippen LogP contribution >= 0.6 is 50.7 Å². The van der Waals surface area contributed by atoms with Crippen molar-refractivity contribution in [2.45, 2.75) is 0 Å². The summed E-state index contributed by atoms with van der Waals surface area (Å²) in [7, 11) is 0. The van der Waals surface area contributed by atoms with E-state index < -0.39 is 0 Å². The normalized spacial score (nSPS) is 10.3. The Morgan fingerprint density at radius 3 is 2.21 bits per heavy atom. The minimum Gasteiger partial charge on any atom is -0.339 e. The molecule has 0 fully saturated rings. The van der Waals surface area contributed by atoms with Gasteiger partial charge in [0.15, 0.2) is 0 Å². The van der Waals surface area contributed by atoms with Crippen LogP contribution in [0.4, 0.5) is 5.69 Å². The summed E-state index contributed by atoms with van der Waals surface area (Å²) in [5, 5.41) is 12.3. The van der Waals surface area contributed by atoms with Gasteiger partial charge in [-0.3, -0.25) is 5.41 Å². The van der Waals surface area contributed by atoms with Crippen molar-refractivity contribution in [1.82, 2.24) is 0 Å². The van der Waals surface area contributed by atoms with Crippen LogP contribution in [0, 0.1) is 5.41 Å². The van der Waals surface area contributed by atoms with Gasteiger partial charge in [0.1, 0.15) is 5.84 Å². The number of rotatable bonds is 2. The highest BCUT2D eigenvalue weighted by atomic mass is 79.9. The molecule has 0 amide bonds. The Morgan fingerprint density at radius 2 is 1.63 bits per heavy atom. The molecular formula is C13H8BrCl3N2. The van der Waals surface area contributed by atoms with Crippen LogP contribution in [0.5, 0.6) is 0 Å². The SMILES string of the molecule is N=C(Nc1ccc(Br)cc1Cl)c1c(Cl)cccc1Cl. The van der Waals surface area contributed by atoms with Crippen molar-refractivity contribution < 1.29 is 0 Å². The zero-order valence-corrected chi connectivity index (χ0v) is 13.3. The van der Waals surface area contributed by atoms with Crippen molar-refractivity contribution in [1.29, 1.82) is 5.41 Å². The lowest BCUT2D eigenvalue weighted by atomic mass is 10.2. The molecule has 0 saturated carbocycles. The van der Waals surface area contributed by atoms with Crippen LogP contribution in [0.2, 0.25) is 15.1 Å². The number of amidine groups is 1. The summed E-state index contributed by atoms with van der Waals surface area (Å²) in [5.41, 5.74) is 1.07. The average Bonchev–Trinajstić information content (AvgIpc) is 2.32. The molecule has 0 aromatic heterocycles. The van der Waals surface area contributed by atoms with Gasteiger partial charge < -0.3 is 5.32 Å². The first kappa shape index (κ1) is 14.7. The summed E-state index contributed by atoms with van der Waals surface area (Å²) in [6.45, 7) is 0. The van der Waals surface area contributed by atoms with E-state index in [2.05, 4.69) is 21.2 Å². The van der Waals surface area contributed by atoms with Crippen LogP contribution in [-0.2, 0) is 0 Å². The molecule has 2 rings (SSSR count). The van der Waals surface area contributed by atoms with Gasteiger partial charge in [0.05, 0.1) is 26.3 Å². The summed E-state index contributed by atoms with van der Waals surface area (Å²) >= 11 is 21.5. The fourth-order valence-electron chi connectivity index (χ4n) is 1.52. The van der Waals surface area contributed by atoms with Gasteiger partial charge in [-0.1, -0.05) is 56.8 Å². The predicted octanol–water partition coefficient (Wildman–Crippen LogP) is 5.85. The maximum atomic E-state index is 8.05. The molecule has 0 unspecified atom stereocenters. The Bertz CT molecular complexity index is 624. The molecule has 6 heteroatoms. The monoisotopic (exact) mass is 376 g/mol. The standard InChI is InChI=1S/C13H8BrCl3N2/c14-7-4-5-11(10(17)6-7)19-13(18)12-8(15)2-1-3-9(12)16/h1-6H,(H2,18,19). The Hall–Kier alpha value is -0.740. The van der Waals surface area contributed by atoms with Gasteiger partial charge in [0, 0.05) is 4.47 Å². The molecule has 2 nitrogen and oxygen atoms in total. The number of halogens is 4. The molecule has 19 heavy (non-hydrogen) atoms. The molecule has 0 radical (unpaired) electrons. The molecule has 98 valence electrons. The molecule has 2 aromatic carbocycles. The molecule has 0 spiro atoms. The largest absolute Gasteiger partial charge is 0.339 e. The van der Waals surface area contributed by atoms with E-state index in [1.165, 1.54) is 0 Å². The number of anilines is 1. The summed E-state index contributed by atoms with van der Waals surface area (Å²) in [4.78, 5) is 0. The number of hydrogen-bond donors (Lipinski definition) is 2. The Morgan fingerprint density at radius 1 is 1.00 bits per heavy atom. The van der Waals surface area contributed by atoms with Crippen molar-refractivity contribution in [3.05, 3.63) is 61.5 Å². The number of benzene rings is 2. The van der Waals surface area contributed by atoms with E-state index in [-0.39, 0.29) is 5.84 Å². The van der Waals surface area contributed by atoms with Crippen LogP contribution in [0.15, 0.2) is 40.9 Å². The van der Waals surface area contributed by atoms with Gasteiger partial charge in [-0.15, -0.1) is 0 Å². The van der Waals surface area contributed by atoms with Gasteiger partial charge in [-0.05, 0) is 30.3 Å². The van der Waals surface area contributed by atoms with E-state index in [0.717, 1.165) is 4.47 Å². The van der Waals surface area contributed by atoms with Crippen molar-refractivity contribution in [2.75, 3.05) is 5.32 Å². The molecular weight excluding hydrogens is 370 g/mol. The first-order valence-electron chi connectivity index (χ1n) is 5.24. The summed E-state index contributed by atoms with van der Waals surface area (Å²) in [5.74, 6) is 0.0971. The summed E-state index contributed by atoms with van der Waals surface area (Å²) in [6.07, 6.45) is 0. The van der Waals surface area contributed by atoms with Crippen molar-refractivity contribution in [2.24, 2.45) is 0 Å². The second-order valence-electron chi connectivity index (χ2n) is 3.72. The van der Waals surface area contributed by atoms with Gasteiger partial charge >= 0.3 is 0 Å². The highest BCUT2D eigenvalue weighted by Gasteiger charge is 2.12. The van der Waals surface area contributed by atoms with Crippen molar-refractivity contribution in [3.63, 3.8) is 0 Å². The predicted molar refractivity (Wildman–Crippen MR) is 86.1 cm³/mol. The lowest BCUT2D eigenvalue weighted by molar-refractivity contribution is 1.44. The first-order valence-corrected chi connectivity index (χ1v) is 7.16. The molecule has 0 aliphatic rings. The fraction of sp³-hybridized carbons (Fsp3) is 0. The lowest BCUT2D eigenvalue weighted by Gasteiger charge is -2.12. The van der Waals surface area contributed by atoms with Gasteiger partial charge in [-0.2, -0.15) is 0 Å². The minimum absolute atomic E-state index is 0.0971. The fourth-order valence-corrected chi connectivity index (χ4v) is 2.83. The maximum Gasteiger partial charge on any atom is 0.132 e. The van der Waals surface area contributed by atoms with Gasteiger partial charge in [0.25, 0.3) is 0 Å². The van der Waals surface area contributed by atoms with E-state index >= 15 is 0 Å². The molecule has 2 aromatic rings. The smallest absolute Gasteiger partial charge is 0.132 e. The number of hydrogen-bond acceptors (Lipinski definition) is 1. The molecule has 0 aliphatic heterocycles. The molecule has 0 saturated heterocycles. The van der Waals surface area contributed by atoms with Crippen LogP contribution < -0.4 is 5.32 Å². The topological polar surface area (TPSA) is 35.9 Å². The van der Waals surface area contributed by atoms with Gasteiger partial charge in [0.2, 0.25) is 0 Å². The average molecular weight is 378 g/mol. The van der Waals surface area contributed by atoms with E-state index in [0.29, 0.717) is 26.3 Å². The number of nitrogens with one attached hydrogen (secondary N) is 2. The Labute approximate surface area is 134 Å². The van der Waals surface area contributed by atoms with E-state index in [4.69, 9.17) is 40.2 Å². The molecule has 0 bridgehead atoms. The van der Waals surface area contributed by atoms with Crippen molar-refractivity contribution >= 4 is 62.3 Å². The zero-order chi connectivity index (χ0) is 14.0. The lowest BCUT2D eigenvalue weighted by Crippen LogP contribution is -2.13. The van der Waals surface area contributed by atoms with E-state index in [1.54, 1.807) is 30.3 Å². The Balaban J connectivity index is 2.31. The molecule has 0 atom stereocenters. The molecule has 2 N–H and O–H groups in total. The van der Waals surface area contributed by atoms with Gasteiger partial charge in [-0.25, -0.2) is 0 Å². The third-order valence-corrected chi connectivity index (χ3v) is 3.84. The zero-order valence-electron chi connectivity index (χ0n) is 9.48. The van der Waals surface area contributed by atoms with Crippen LogP contribution in [0.25, 0.3) is 0 Å². The van der Waals surface area contributed by atoms with Crippen LogP contribution in [-0.4, -0.2) is 5.84 Å². The second kappa shape index (κ2) is 6.14. The third kappa shape index (κ3) is 3.42. The maximum absolute atomic E-state index is 8.05. The van der Waals surface area contributed by atoms with E-state index in [9.17, 15) is 0 Å². The molecule has 0 aliphatic carbocycles.